The number of amides is 2. The van der Waals surface area contributed by atoms with Gasteiger partial charge in [-0.2, -0.15) is 0 Å². The zero-order valence-electron chi connectivity index (χ0n) is 14.6. The van der Waals surface area contributed by atoms with E-state index < -0.39 is 5.91 Å². The largest absolute Gasteiger partial charge is 0.312 e. The summed E-state index contributed by atoms with van der Waals surface area (Å²) in [6, 6.07) is 13.7. The molecule has 1 aromatic heterocycles. The molecule has 4 rings (SSSR count). The third-order valence-corrected chi connectivity index (χ3v) is 4.65. The predicted molar refractivity (Wildman–Crippen MR) is 102 cm³/mol. The van der Waals surface area contributed by atoms with E-state index in [0.29, 0.717) is 29.4 Å². The van der Waals surface area contributed by atoms with Gasteiger partial charge >= 0.3 is 0 Å². The first kappa shape index (κ1) is 17.0. The van der Waals surface area contributed by atoms with Crippen molar-refractivity contribution in [3.05, 3.63) is 70.8 Å². The number of piperidine rings is 1. The smallest absolute Gasteiger partial charge is 0.280 e. The van der Waals surface area contributed by atoms with Crippen molar-refractivity contribution in [3.8, 4) is 0 Å². The quantitative estimate of drug-likeness (QED) is 0.775. The summed E-state index contributed by atoms with van der Waals surface area (Å²) >= 11 is 0. The number of hydrogen-bond donors (Lipinski definition) is 1. The van der Waals surface area contributed by atoms with Gasteiger partial charge in [0, 0.05) is 24.2 Å². The molecule has 7 heteroatoms. The number of benzene rings is 2. The molecule has 0 radical (unpaired) electrons. The molecule has 1 fully saturated rings. The van der Waals surface area contributed by atoms with Crippen LogP contribution in [0.2, 0.25) is 0 Å². The van der Waals surface area contributed by atoms with Crippen LogP contribution in [0.15, 0.2) is 59.7 Å². The van der Waals surface area contributed by atoms with Crippen molar-refractivity contribution in [2.24, 2.45) is 0 Å². The van der Waals surface area contributed by atoms with Crippen molar-refractivity contribution < 1.29 is 9.59 Å². The van der Waals surface area contributed by atoms with Gasteiger partial charge in [-0.05, 0) is 49.2 Å². The number of hydrogen-bond acceptors (Lipinski definition) is 4. The highest BCUT2D eigenvalue weighted by Gasteiger charge is 2.19. The normalized spacial score (nSPS) is 14.4. The zero-order chi connectivity index (χ0) is 18.8. The van der Waals surface area contributed by atoms with Crippen LogP contribution < -0.4 is 15.9 Å². The number of nitrogens with one attached hydrogen (secondary N) is 1. The lowest BCUT2D eigenvalue weighted by Crippen LogP contribution is -2.35. The number of para-hydroxylation sites is 1. The molecule has 0 spiro atoms. The number of anilines is 1. The van der Waals surface area contributed by atoms with Crippen molar-refractivity contribution in [3.63, 3.8) is 0 Å². The summed E-state index contributed by atoms with van der Waals surface area (Å²) in [6.07, 6.45) is 3.75. The van der Waals surface area contributed by atoms with Crippen molar-refractivity contribution in [2.75, 3.05) is 16.9 Å². The summed E-state index contributed by atoms with van der Waals surface area (Å²) in [4.78, 5) is 42.8. The van der Waals surface area contributed by atoms with Gasteiger partial charge in [-0.3, -0.25) is 19.8 Å². The second-order valence-corrected chi connectivity index (χ2v) is 6.43. The fourth-order valence-electron chi connectivity index (χ4n) is 3.19. The van der Waals surface area contributed by atoms with E-state index in [1.807, 2.05) is 0 Å². The minimum absolute atomic E-state index is 0.104. The second-order valence-electron chi connectivity index (χ2n) is 6.43. The van der Waals surface area contributed by atoms with Crippen molar-refractivity contribution in [2.45, 2.75) is 19.3 Å². The topological polar surface area (TPSA) is 84.3 Å². The monoisotopic (exact) mass is 362 g/mol. The molecule has 2 amide bonds. The lowest BCUT2D eigenvalue weighted by molar-refractivity contribution is -0.119. The van der Waals surface area contributed by atoms with Crippen LogP contribution in [-0.4, -0.2) is 28.0 Å². The fourth-order valence-corrected chi connectivity index (χ4v) is 3.19. The molecule has 0 saturated carbocycles. The highest BCUT2D eigenvalue weighted by Crippen LogP contribution is 2.21. The van der Waals surface area contributed by atoms with Crippen LogP contribution in [0.3, 0.4) is 0 Å². The van der Waals surface area contributed by atoms with E-state index in [2.05, 4.69) is 10.4 Å². The van der Waals surface area contributed by atoms with E-state index in [-0.39, 0.29) is 11.5 Å². The van der Waals surface area contributed by atoms with Crippen LogP contribution in [0.1, 0.15) is 29.6 Å². The van der Waals surface area contributed by atoms with Gasteiger partial charge in [0.05, 0.1) is 10.9 Å². The van der Waals surface area contributed by atoms with Gasteiger partial charge in [0.15, 0.2) is 0 Å². The van der Waals surface area contributed by atoms with E-state index in [9.17, 15) is 14.4 Å². The summed E-state index contributed by atoms with van der Waals surface area (Å²) in [5, 5.41) is 0.430. The molecule has 2 heterocycles. The predicted octanol–water partition coefficient (Wildman–Crippen LogP) is 2.30. The average Bonchev–Trinajstić information content (AvgIpc) is 2.71. The number of carbonyl (C=O) groups excluding carboxylic acids is 2. The molecular weight excluding hydrogens is 344 g/mol. The Balaban J connectivity index is 1.54. The Hall–Kier alpha value is -3.48. The highest BCUT2D eigenvalue weighted by atomic mass is 16.2. The summed E-state index contributed by atoms with van der Waals surface area (Å²) < 4.78 is 1.08. The van der Waals surface area contributed by atoms with E-state index in [1.165, 1.54) is 6.33 Å². The Bertz CT molecular complexity index is 1070. The molecule has 1 N–H and O–H groups in total. The van der Waals surface area contributed by atoms with E-state index >= 15 is 0 Å². The summed E-state index contributed by atoms with van der Waals surface area (Å²) in [6.45, 7) is 0.697. The van der Waals surface area contributed by atoms with Gasteiger partial charge in [-0.15, -0.1) is 0 Å². The standard InChI is InChI=1S/C20H18N4O3/c25-18-7-3-4-12-23(18)15-10-8-14(9-11-15)19(26)22-24-13-21-17-6-2-1-5-16(17)20(24)27/h1-2,5-6,8-11,13H,3-4,7,12H2,(H,22,26). The zero-order valence-corrected chi connectivity index (χ0v) is 14.6. The SMILES string of the molecule is O=C(Nn1cnc2ccccc2c1=O)c1ccc(N2CCCCC2=O)cc1. The molecule has 0 bridgehead atoms. The molecule has 2 aromatic carbocycles. The Morgan fingerprint density at radius 3 is 2.56 bits per heavy atom. The van der Waals surface area contributed by atoms with Crippen molar-refractivity contribution in [1.29, 1.82) is 0 Å². The minimum atomic E-state index is -0.425. The molecule has 136 valence electrons. The van der Waals surface area contributed by atoms with Crippen molar-refractivity contribution >= 4 is 28.4 Å². The maximum Gasteiger partial charge on any atom is 0.280 e. The van der Waals surface area contributed by atoms with Crippen LogP contribution in [0.25, 0.3) is 10.9 Å². The van der Waals surface area contributed by atoms with Crippen molar-refractivity contribution in [1.82, 2.24) is 9.66 Å². The molecule has 1 saturated heterocycles. The maximum atomic E-state index is 12.5. The first-order chi connectivity index (χ1) is 13.1. The Labute approximate surface area is 155 Å². The molecule has 0 aliphatic carbocycles. The number of nitrogens with zero attached hydrogens (tertiary/aromatic N) is 3. The third-order valence-electron chi connectivity index (χ3n) is 4.65. The van der Waals surface area contributed by atoms with Gasteiger partial charge in [-0.1, -0.05) is 12.1 Å². The molecule has 7 nitrogen and oxygen atoms in total. The van der Waals surface area contributed by atoms with Crippen LogP contribution in [0, 0.1) is 0 Å². The maximum absolute atomic E-state index is 12.5. The molecule has 0 atom stereocenters. The summed E-state index contributed by atoms with van der Waals surface area (Å²) in [5.74, 6) is -0.321. The molecule has 3 aromatic rings. The molecular formula is C20H18N4O3. The lowest BCUT2D eigenvalue weighted by Gasteiger charge is -2.26. The van der Waals surface area contributed by atoms with Crippen LogP contribution >= 0.6 is 0 Å². The number of carbonyl (C=O) groups is 2. The van der Waals surface area contributed by atoms with Gasteiger partial charge in [-0.25, -0.2) is 9.66 Å². The molecule has 0 unspecified atom stereocenters. The molecule has 1 aliphatic heterocycles. The highest BCUT2D eigenvalue weighted by molar-refractivity contribution is 6.01. The second kappa shape index (κ2) is 7.03. The minimum Gasteiger partial charge on any atom is -0.312 e. The van der Waals surface area contributed by atoms with Gasteiger partial charge in [0.1, 0.15) is 6.33 Å². The van der Waals surface area contributed by atoms with Gasteiger partial charge in [0.25, 0.3) is 11.5 Å². The Morgan fingerprint density at radius 1 is 1.00 bits per heavy atom. The number of fused-ring (bicyclic) bond motifs is 1. The third kappa shape index (κ3) is 3.31. The van der Waals surface area contributed by atoms with Gasteiger partial charge in [0.2, 0.25) is 5.91 Å². The van der Waals surface area contributed by atoms with Crippen LogP contribution in [0.4, 0.5) is 5.69 Å². The van der Waals surface area contributed by atoms with E-state index in [1.54, 1.807) is 53.4 Å². The van der Waals surface area contributed by atoms with Crippen LogP contribution in [-0.2, 0) is 4.79 Å². The first-order valence-electron chi connectivity index (χ1n) is 8.82. The Kier molecular flexibility index (Phi) is 4.42. The lowest BCUT2D eigenvalue weighted by atomic mass is 10.1. The number of aromatic nitrogens is 2. The number of rotatable bonds is 3. The molecule has 27 heavy (non-hydrogen) atoms. The van der Waals surface area contributed by atoms with Crippen LogP contribution in [0.5, 0.6) is 0 Å². The van der Waals surface area contributed by atoms with Gasteiger partial charge < -0.3 is 4.90 Å². The molecule has 1 aliphatic rings. The van der Waals surface area contributed by atoms with E-state index in [0.717, 1.165) is 23.2 Å². The first-order valence-corrected chi connectivity index (χ1v) is 8.82. The fraction of sp³-hybridized carbons (Fsp3) is 0.200. The Morgan fingerprint density at radius 2 is 1.78 bits per heavy atom. The summed E-state index contributed by atoms with van der Waals surface area (Å²) in [5.41, 5.74) is 3.95. The van der Waals surface area contributed by atoms with E-state index in [4.69, 9.17) is 0 Å². The summed E-state index contributed by atoms with van der Waals surface area (Å²) in [7, 11) is 0. The average molecular weight is 362 g/mol.